The van der Waals surface area contributed by atoms with Crippen LogP contribution < -0.4 is 5.32 Å². The Morgan fingerprint density at radius 2 is 1.64 bits per heavy atom. The molecule has 178 valence electrons. The van der Waals surface area contributed by atoms with E-state index in [1.807, 2.05) is 0 Å². The van der Waals surface area contributed by atoms with Gasteiger partial charge in [0.05, 0.1) is 10.5 Å². The summed E-state index contributed by atoms with van der Waals surface area (Å²) in [6.07, 6.45) is -2.57. The molecular formula is C23H24F4N2O3S. The predicted molar refractivity (Wildman–Crippen MR) is 113 cm³/mol. The third kappa shape index (κ3) is 4.91. The number of alkyl halides is 3. The van der Waals surface area contributed by atoms with Gasteiger partial charge in [-0.2, -0.15) is 17.5 Å². The van der Waals surface area contributed by atoms with E-state index >= 15 is 0 Å². The first-order valence-corrected chi connectivity index (χ1v) is 12.2. The van der Waals surface area contributed by atoms with Crippen molar-refractivity contribution in [2.45, 2.75) is 42.2 Å². The number of hydrogen-bond acceptors (Lipinski definition) is 3. The van der Waals surface area contributed by atoms with Gasteiger partial charge in [0.15, 0.2) is 0 Å². The molecule has 2 aromatic rings. The molecule has 2 fully saturated rings. The van der Waals surface area contributed by atoms with Crippen molar-refractivity contribution in [2.75, 3.05) is 19.6 Å². The summed E-state index contributed by atoms with van der Waals surface area (Å²) in [7, 11) is -4.34. The van der Waals surface area contributed by atoms with E-state index in [1.54, 1.807) is 12.1 Å². The molecule has 0 aromatic heterocycles. The van der Waals surface area contributed by atoms with Crippen LogP contribution in [0, 0.1) is 11.7 Å². The summed E-state index contributed by atoms with van der Waals surface area (Å²) < 4.78 is 79.8. The highest BCUT2D eigenvalue weighted by Crippen LogP contribution is 2.47. The lowest BCUT2D eigenvalue weighted by atomic mass is 9.94. The molecule has 1 aliphatic carbocycles. The third-order valence-corrected chi connectivity index (χ3v) is 8.50. The molecule has 0 bridgehead atoms. The number of hydrogen-bond donors (Lipinski definition) is 1. The van der Waals surface area contributed by atoms with Crippen LogP contribution in [-0.2, 0) is 26.4 Å². The smallest absolute Gasteiger partial charge is 0.355 e. The van der Waals surface area contributed by atoms with Crippen molar-refractivity contribution in [3.63, 3.8) is 0 Å². The molecule has 0 spiro atoms. The normalized spacial score (nSPS) is 19.3. The van der Waals surface area contributed by atoms with Crippen LogP contribution >= 0.6 is 0 Å². The van der Waals surface area contributed by atoms with Gasteiger partial charge in [-0.3, -0.25) is 4.79 Å². The lowest BCUT2D eigenvalue weighted by molar-refractivity contribution is -0.139. The van der Waals surface area contributed by atoms with Crippen molar-refractivity contribution in [1.82, 2.24) is 9.62 Å². The summed E-state index contributed by atoms with van der Waals surface area (Å²) in [5.41, 5.74) is -0.428. The molecule has 10 heteroatoms. The van der Waals surface area contributed by atoms with Crippen LogP contribution in [0.5, 0.6) is 0 Å². The minimum Gasteiger partial charge on any atom is -0.355 e. The Morgan fingerprint density at radius 1 is 1.03 bits per heavy atom. The van der Waals surface area contributed by atoms with Crippen molar-refractivity contribution in [2.24, 2.45) is 5.92 Å². The van der Waals surface area contributed by atoms with Crippen LogP contribution in [0.2, 0.25) is 0 Å². The maximum Gasteiger partial charge on any atom is 0.417 e. The lowest BCUT2D eigenvalue weighted by Gasteiger charge is -2.31. The third-order valence-electron chi connectivity index (χ3n) is 6.55. The monoisotopic (exact) mass is 484 g/mol. The van der Waals surface area contributed by atoms with Gasteiger partial charge in [-0.1, -0.05) is 24.3 Å². The van der Waals surface area contributed by atoms with Crippen molar-refractivity contribution in [3.8, 4) is 0 Å². The van der Waals surface area contributed by atoms with Gasteiger partial charge in [0, 0.05) is 31.0 Å². The highest BCUT2D eigenvalue weighted by molar-refractivity contribution is 7.89. The number of amides is 1. The number of sulfonamides is 1. The SMILES string of the molecule is O=C(NCC1(c2ccc(F)cc2)CC1)C1CCN(S(=O)(=O)c2ccccc2C(F)(F)F)CC1. The number of benzene rings is 2. The number of halogens is 4. The fourth-order valence-corrected chi connectivity index (χ4v) is 6.03. The number of piperidine rings is 1. The summed E-state index contributed by atoms with van der Waals surface area (Å²) in [4.78, 5) is 11.9. The van der Waals surface area contributed by atoms with Crippen LogP contribution in [0.25, 0.3) is 0 Å². The van der Waals surface area contributed by atoms with Crippen molar-refractivity contribution in [1.29, 1.82) is 0 Å². The average Bonchev–Trinajstić information content (AvgIpc) is 3.58. The second kappa shape index (κ2) is 8.72. The molecule has 1 saturated carbocycles. The molecular weight excluding hydrogens is 460 g/mol. The Labute approximate surface area is 189 Å². The van der Waals surface area contributed by atoms with E-state index in [-0.39, 0.29) is 43.1 Å². The zero-order valence-corrected chi connectivity index (χ0v) is 18.6. The Hall–Kier alpha value is -2.46. The molecule has 0 unspecified atom stereocenters. The van der Waals surface area contributed by atoms with Gasteiger partial charge in [-0.05, 0) is 55.5 Å². The number of nitrogens with one attached hydrogen (secondary N) is 1. The molecule has 0 radical (unpaired) electrons. The van der Waals surface area contributed by atoms with E-state index < -0.39 is 32.6 Å². The van der Waals surface area contributed by atoms with E-state index in [0.717, 1.165) is 40.9 Å². The maximum atomic E-state index is 13.3. The first kappa shape index (κ1) is 23.7. The topological polar surface area (TPSA) is 66.5 Å². The van der Waals surface area contributed by atoms with Crippen LogP contribution in [0.1, 0.15) is 36.8 Å². The molecule has 1 saturated heterocycles. The second-order valence-corrected chi connectivity index (χ2v) is 10.6. The Bertz CT molecular complexity index is 1120. The van der Waals surface area contributed by atoms with Gasteiger partial charge in [0.25, 0.3) is 0 Å². The lowest BCUT2D eigenvalue weighted by Crippen LogP contribution is -2.44. The summed E-state index contributed by atoms with van der Waals surface area (Å²) >= 11 is 0. The molecule has 33 heavy (non-hydrogen) atoms. The highest BCUT2D eigenvalue weighted by Gasteiger charge is 2.45. The summed E-state index contributed by atoms with van der Waals surface area (Å²) in [6, 6.07) is 10.3. The Balaban J connectivity index is 1.36. The maximum absolute atomic E-state index is 13.3. The van der Waals surface area contributed by atoms with Gasteiger partial charge in [0.2, 0.25) is 15.9 Å². The fourth-order valence-electron chi connectivity index (χ4n) is 4.35. The van der Waals surface area contributed by atoms with Gasteiger partial charge in [-0.25, -0.2) is 12.8 Å². The number of carbonyl (C=O) groups excluding carboxylic acids is 1. The van der Waals surface area contributed by atoms with Gasteiger partial charge in [0.1, 0.15) is 5.82 Å². The number of carbonyl (C=O) groups is 1. The average molecular weight is 485 g/mol. The van der Waals surface area contributed by atoms with Crippen LogP contribution in [0.15, 0.2) is 53.4 Å². The second-order valence-electron chi connectivity index (χ2n) is 8.68. The number of nitrogens with zero attached hydrogens (tertiary/aromatic N) is 1. The minimum absolute atomic E-state index is 0.0320. The minimum atomic E-state index is -4.79. The van der Waals surface area contributed by atoms with E-state index in [9.17, 15) is 30.8 Å². The van der Waals surface area contributed by atoms with Crippen LogP contribution in [0.4, 0.5) is 17.6 Å². The predicted octanol–water partition coefficient (Wildman–Crippen LogP) is 4.09. The summed E-state index contributed by atoms with van der Waals surface area (Å²) in [6.45, 7) is 0.348. The van der Waals surface area contributed by atoms with E-state index in [4.69, 9.17) is 0 Å². The van der Waals surface area contributed by atoms with Crippen LogP contribution in [-0.4, -0.2) is 38.3 Å². The largest absolute Gasteiger partial charge is 0.417 e. The molecule has 1 N–H and O–H groups in total. The van der Waals surface area contributed by atoms with Gasteiger partial charge < -0.3 is 5.32 Å². The highest BCUT2D eigenvalue weighted by atomic mass is 32.2. The molecule has 0 atom stereocenters. The molecule has 4 rings (SSSR count). The van der Waals surface area contributed by atoms with Gasteiger partial charge >= 0.3 is 6.18 Å². The first-order chi connectivity index (χ1) is 15.5. The molecule has 2 aliphatic rings. The summed E-state index contributed by atoms with van der Waals surface area (Å²) in [5, 5.41) is 2.93. The van der Waals surface area contributed by atoms with E-state index in [2.05, 4.69) is 5.32 Å². The molecule has 2 aromatic carbocycles. The zero-order valence-electron chi connectivity index (χ0n) is 17.7. The quantitative estimate of drug-likeness (QED) is 0.628. The summed E-state index contributed by atoms with van der Waals surface area (Å²) in [5.74, 6) is -0.937. The Kier molecular flexibility index (Phi) is 6.26. The van der Waals surface area contributed by atoms with Crippen molar-refractivity contribution in [3.05, 3.63) is 65.5 Å². The van der Waals surface area contributed by atoms with Crippen molar-refractivity contribution < 1.29 is 30.8 Å². The molecule has 1 amide bonds. The zero-order chi connectivity index (χ0) is 23.9. The van der Waals surface area contributed by atoms with Crippen LogP contribution in [0.3, 0.4) is 0 Å². The Morgan fingerprint density at radius 3 is 2.21 bits per heavy atom. The molecule has 1 heterocycles. The van der Waals surface area contributed by atoms with E-state index in [0.29, 0.717) is 6.54 Å². The molecule has 1 aliphatic heterocycles. The first-order valence-electron chi connectivity index (χ1n) is 10.7. The number of rotatable bonds is 6. The van der Waals surface area contributed by atoms with Crippen molar-refractivity contribution >= 4 is 15.9 Å². The van der Waals surface area contributed by atoms with Gasteiger partial charge in [-0.15, -0.1) is 0 Å². The fraction of sp³-hybridized carbons (Fsp3) is 0.435. The van der Waals surface area contributed by atoms with E-state index in [1.165, 1.54) is 18.2 Å². The standard InChI is InChI=1S/C23H24F4N2O3S/c24-18-7-5-17(6-8-18)22(11-12-22)15-28-21(30)16-9-13-29(14-10-16)33(31,32)20-4-2-1-3-19(20)23(25,26)27/h1-8,16H,9-15H2,(H,28,30). The molecule has 5 nitrogen and oxygen atoms in total.